The van der Waals surface area contributed by atoms with Crippen molar-refractivity contribution < 1.29 is 0 Å². The van der Waals surface area contributed by atoms with E-state index in [-0.39, 0.29) is 0 Å². The van der Waals surface area contributed by atoms with E-state index < -0.39 is 0 Å². The lowest BCUT2D eigenvalue weighted by Gasteiger charge is -2.23. The molecule has 3 aromatic heterocycles. The second-order valence-corrected chi connectivity index (χ2v) is 5.15. The van der Waals surface area contributed by atoms with Gasteiger partial charge >= 0.3 is 0 Å². The van der Waals surface area contributed by atoms with Crippen molar-refractivity contribution >= 4 is 11.3 Å². The van der Waals surface area contributed by atoms with Crippen molar-refractivity contribution in [3.63, 3.8) is 0 Å². The van der Waals surface area contributed by atoms with E-state index in [9.17, 15) is 0 Å². The fourth-order valence-electron chi connectivity index (χ4n) is 2.81. The van der Waals surface area contributed by atoms with Gasteiger partial charge in [-0.3, -0.25) is 4.68 Å². The third-order valence-corrected chi connectivity index (χ3v) is 3.87. The highest BCUT2D eigenvalue weighted by atomic mass is 15.4. The van der Waals surface area contributed by atoms with Crippen LogP contribution in [0.4, 0.5) is 5.82 Å². The SMILES string of the molecule is Cn1nnc2c1CCC(Nc1nccn3cncc13)C2. The second-order valence-electron chi connectivity index (χ2n) is 5.15. The molecule has 1 atom stereocenters. The van der Waals surface area contributed by atoms with Crippen molar-refractivity contribution in [1.82, 2.24) is 29.4 Å². The first kappa shape index (κ1) is 11.4. The molecule has 7 nitrogen and oxygen atoms in total. The number of aryl methyl sites for hydroxylation is 1. The molecule has 7 heteroatoms. The highest BCUT2D eigenvalue weighted by Gasteiger charge is 2.23. The van der Waals surface area contributed by atoms with Gasteiger partial charge in [-0.25, -0.2) is 9.97 Å². The van der Waals surface area contributed by atoms with E-state index in [0.717, 1.165) is 36.3 Å². The largest absolute Gasteiger partial charge is 0.365 e. The number of hydrogen-bond donors (Lipinski definition) is 1. The lowest BCUT2D eigenvalue weighted by Crippen LogP contribution is -2.28. The molecule has 0 amide bonds. The molecular formula is C13H15N7. The number of imidazole rings is 1. The first-order chi connectivity index (χ1) is 9.81. The van der Waals surface area contributed by atoms with Crippen molar-refractivity contribution in [2.45, 2.75) is 25.3 Å². The number of fused-ring (bicyclic) bond motifs is 2. The smallest absolute Gasteiger partial charge is 0.152 e. The molecular weight excluding hydrogens is 254 g/mol. The van der Waals surface area contributed by atoms with Gasteiger partial charge in [0.2, 0.25) is 0 Å². The minimum absolute atomic E-state index is 0.341. The Labute approximate surface area is 115 Å². The van der Waals surface area contributed by atoms with Gasteiger partial charge in [-0.2, -0.15) is 0 Å². The van der Waals surface area contributed by atoms with E-state index >= 15 is 0 Å². The summed E-state index contributed by atoms with van der Waals surface area (Å²) in [5, 5.41) is 11.8. The van der Waals surface area contributed by atoms with Crippen molar-refractivity contribution in [2.24, 2.45) is 7.05 Å². The number of nitrogens with zero attached hydrogens (tertiary/aromatic N) is 6. The zero-order chi connectivity index (χ0) is 13.5. The molecule has 0 spiro atoms. The number of rotatable bonds is 2. The quantitative estimate of drug-likeness (QED) is 0.746. The number of anilines is 1. The van der Waals surface area contributed by atoms with Crippen LogP contribution in [0.2, 0.25) is 0 Å². The van der Waals surface area contributed by atoms with Crippen LogP contribution in [0.1, 0.15) is 17.8 Å². The van der Waals surface area contributed by atoms with Gasteiger partial charge in [0.05, 0.1) is 23.9 Å². The molecule has 1 unspecified atom stereocenters. The van der Waals surface area contributed by atoms with Crippen molar-refractivity contribution in [3.05, 3.63) is 36.3 Å². The molecule has 0 saturated heterocycles. The van der Waals surface area contributed by atoms with Crippen LogP contribution in [0.5, 0.6) is 0 Å². The molecule has 1 aliphatic carbocycles. The molecule has 0 saturated carbocycles. The predicted molar refractivity (Wildman–Crippen MR) is 73.4 cm³/mol. The maximum atomic E-state index is 4.42. The Kier molecular flexibility index (Phi) is 2.45. The van der Waals surface area contributed by atoms with E-state index in [1.54, 1.807) is 12.5 Å². The summed E-state index contributed by atoms with van der Waals surface area (Å²) in [7, 11) is 1.95. The number of nitrogens with one attached hydrogen (secondary N) is 1. The molecule has 1 aliphatic rings. The van der Waals surface area contributed by atoms with E-state index in [2.05, 4.69) is 25.6 Å². The standard InChI is InChI=1S/C13H15N7/c1-19-11-3-2-9(6-10(11)17-18-19)16-13-12-7-14-8-20(12)5-4-15-13/h4-5,7-9H,2-3,6H2,1H3,(H,15,16). The first-order valence-electron chi connectivity index (χ1n) is 6.72. The topological polar surface area (TPSA) is 72.9 Å². The molecule has 20 heavy (non-hydrogen) atoms. The highest BCUT2D eigenvalue weighted by molar-refractivity contribution is 5.66. The summed E-state index contributed by atoms with van der Waals surface area (Å²) in [5.74, 6) is 0.877. The summed E-state index contributed by atoms with van der Waals surface area (Å²) in [4.78, 5) is 8.57. The van der Waals surface area contributed by atoms with Crippen LogP contribution in [-0.2, 0) is 19.9 Å². The average Bonchev–Trinajstić information content (AvgIpc) is 3.07. The summed E-state index contributed by atoms with van der Waals surface area (Å²) in [5.41, 5.74) is 3.34. The summed E-state index contributed by atoms with van der Waals surface area (Å²) >= 11 is 0. The molecule has 102 valence electrons. The van der Waals surface area contributed by atoms with E-state index in [1.165, 1.54) is 5.69 Å². The molecule has 0 aliphatic heterocycles. The fourth-order valence-corrected chi connectivity index (χ4v) is 2.81. The Morgan fingerprint density at radius 1 is 1.40 bits per heavy atom. The minimum Gasteiger partial charge on any atom is -0.365 e. The molecule has 0 fully saturated rings. The summed E-state index contributed by atoms with van der Waals surface area (Å²) in [6, 6.07) is 0.341. The summed E-state index contributed by atoms with van der Waals surface area (Å²) in [6.07, 6.45) is 10.2. The van der Waals surface area contributed by atoms with E-state index in [0.29, 0.717) is 6.04 Å². The molecule has 4 rings (SSSR count). The van der Waals surface area contributed by atoms with Crippen molar-refractivity contribution in [3.8, 4) is 0 Å². The van der Waals surface area contributed by atoms with Gasteiger partial charge in [0.1, 0.15) is 5.52 Å². The number of aromatic nitrogens is 6. The van der Waals surface area contributed by atoms with Crippen molar-refractivity contribution in [2.75, 3.05) is 5.32 Å². The lowest BCUT2D eigenvalue weighted by molar-refractivity contribution is 0.577. The van der Waals surface area contributed by atoms with E-state index in [1.807, 2.05) is 28.5 Å². The Hall–Kier alpha value is -2.44. The van der Waals surface area contributed by atoms with Gasteiger partial charge in [-0.15, -0.1) is 5.10 Å². The van der Waals surface area contributed by atoms with Gasteiger partial charge in [-0.05, 0) is 12.8 Å². The maximum absolute atomic E-state index is 4.42. The van der Waals surface area contributed by atoms with Crippen LogP contribution in [0, 0.1) is 0 Å². The lowest BCUT2D eigenvalue weighted by atomic mass is 9.96. The Morgan fingerprint density at radius 2 is 2.35 bits per heavy atom. The van der Waals surface area contributed by atoms with Gasteiger partial charge in [0.15, 0.2) is 5.82 Å². The number of hydrogen-bond acceptors (Lipinski definition) is 5. The maximum Gasteiger partial charge on any atom is 0.152 e. The van der Waals surface area contributed by atoms with Gasteiger partial charge < -0.3 is 9.72 Å². The molecule has 3 heterocycles. The van der Waals surface area contributed by atoms with Crippen LogP contribution >= 0.6 is 0 Å². The average molecular weight is 269 g/mol. The Morgan fingerprint density at radius 3 is 3.30 bits per heavy atom. The summed E-state index contributed by atoms with van der Waals surface area (Å²) < 4.78 is 3.84. The zero-order valence-corrected chi connectivity index (χ0v) is 11.2. The van der Waals surface area contributed by atoms with E-state index in [4.69, 9.17) is 0 Å². The third-order valence-electron chi connectivity index (χ3n) is 3.87. The monoisotopic (exact) mass is 269 g/mol. The van der Waals surface area contributed by atoms with Gasteiger partial charge in [0.25, 0.3) is 0 Å². The van der Waals surface area contributed by atoms with Gasteiger partial charge in [-0.1, -0.05) is 5.21 Å². The first-order valence-corrected chi connectivity index (χ1v) is 6.72. The van der Waals surface area contributed by atoms with Crippen LogP contribution in [-0.4, -0.2) is 35.4 Å². The Balaban J connectivity index is 1.60. The highest BCUT2D eigenvalue weighted by Crippen LogP contribution is 2.22. The second kappa shape index (κ2) is 4.29. The fraction of sp³-hybridized carbons (Fsp3) is 0.385. The van der Waals surface area contributed by atoms with Crippen LogP contribution < -0.4 is 5.32 Å². The minimum atomic E-state index is 0.341. The summed E-state index contributed by atoms with van der Waals surface area (Å²) in [6.45, 7) is 0. The zero-order valence-electron chi connectivity index (χ0n) is 11.2. The predicted octanol–water partition coefficient (Wildman–Crippen LogP) is 0.827. The molecule has 3 aromatic rings. The molecule has 0 bridgehead atoms. The van der Waals surface area contributed by atoms with Crippen LogP contribution in [0.25, 0.3) is 5.52 Å². The Bertz CT molecular complexity index is 757. The van der Waals surface area contributed by atoms with Crippen molar-refractivity contribution in [1.29, 1.82) is 0 Å². The normalized spacial score (nSPS) is 18.1. The third kappa shape index (κ3) is 1.74. The van der Waals surface area contributed by atoms with Crippen LogP contribution in [0.15, 0.2) is 24.9 Å². The van der Waals surface area contributed by atoms with Gasteiger partial charge in [0, 0.05) is 31.9 Å². The molecule has 0 aromatic carbocycles. The molecule has 0 radical (unpaired) electrons. The molecule has 1 N–H and O–H groups in total. The van der Waals surface area contributed by atoms with Crippen LogP contribution in [0.3, 0.4) is 0 Å².